The van der Waals surface area contributed by atoms with Crippen LogP contribution in [0.15, 0.2) is 36.4 Å². The van der Waals surface area contributed by atoms with Gasteiger partial charge in [-0.25, -0.2) is 4.39 Å². The number of hydrogen-bond donors (Lipinski definition) is 1. The molecule has 2 aromatic rings. The first-order valence-corrected chi connectivity index (χ1v) is 6.77. The number of hydrogen-bond acceptors (Lipinski definition) is 2. The molecule has 2 rings (SSSR count). The summed E-state index contributed by atoms with van der Waals surface area (Å²) >= 11 is 0. The van der Waals surface area contributed by atoms with E-state index in [1.54, 1.807) is 6.07 Å². The molecule has 3 heteroatoms. The topological polar surface area (TPSA) is 35.8 Å². The molecule has 0 aromatic heterocycles. The third-order valence-electron chi connectivity index (χ3n) is 3.36. The van der Waals surface area contributed by atoms with E-state index < -0.39 is 5.82 Å². The van der Waals surface area contributed by atoms with Gasteiger partial charge in [-0.2, -0.15) is 5.26 Å². The van der Waals surface area contributed by atoms with Crippen molar-refractivity contribution in [3.8, 4) is 6.07 Å². The number of nitriles is 1. The summed E-state index contributed by atoms with van der Waals surface area (Å²) < 4.78 is 13.7. The van der Waals surface area contributed by atoms with E-state index in [4.69, 9.17) is 5.26 Å². The minimum Gasteiger partial charge on any atom is -0.355 e. The van der Waals surface area contributed by atoms with Crippen LogP contribution in [0.25, 0.3) is 0 Å². The van der Waals surface area contributed by atoms with Gasteiger partial charge < -0.3 is 5.32 Å². The van der Waals surface area contributed by atoms with Crippen molar-refractivity contribution in [2.75, 3.05) is 5.32 Å². The van der Waals surface area contributed by atoms with Crippen molar-refractivity contribution in [3.05, 3.63) is 58.9 Å². The third-order valence-corrected chi connectivity index (χ3v) is 3.36. The van der Waals surface area contributed by atoms with Gasteiger partial charge in [0.1, 0.15) is 11.9 Å². The molecule has 0 aliphatic carbocycles. The SMILES string of the molecule is CCc1cccc(CC)c1Nc1ccc(C#N)c(F)c1. The molecule has 0 fully saturated rings. The lowest BCUT2D eigenvalue weighted by atomic mass is 10.0. The molecule has 0 saturated carbocycles. The van der Waals surface area contributed by atoms with Gasteiger partial charge in [0.15, 0.2) is 0 Å². The lowest BCUT2D eigenvalue weighted by Crippen LogP contribution is -2.00. The first-order valence-electron chi connectivity index (χ1n) is 6.77. The van der Waals surface area contributed by atoms with Crippen molar-refractivity contribution < 1.29 is 4.39 Å². The highest BCUT2D eigenvalue weighted by Gasteiger charge is 2.08. The molecule has 0 spiro atoms. The Hall–Kier alpha value is -2.34. The average Bonchev–Trinajstić information content (AvgIpc) is 2.47. The number of halogens is 1. The highest BCUT2D eigenvalue weighted by Crippen LogP contribution is 2.27. The molecule has 0 radical (unpaired) electrons. The van der Waals surface area contributed by atoms with Gasteiger partial charge in [0.25, 0.3) is 0 Å². The van der Waals surface area contributed by atoms with Gasteiger partial charge in [-0.1, -0.05) is 32.0 Å². The molecule has 102 valence electrons. The van der Waals surface area contributed by atoms with E-state index in [9.17, 15) is 4.39 Å². The summed E-state index contributed by atoms with van der Waals surface area (Å²) in [5.74, 6) is -0.496. The zero-order valence-electron chi connectivity index (χ0n) is 11.7. The number of nitrogens with one attached hydrogen (secondary N) is 1. The maximum Gasteiger partial charge on any atom is 0.143 e. The molecule has 0 unspecified atom stereocenters. The summed E-state index contributed by atoms with van der Waals surface area (Å²) in [6, 6.07) is 12.6. The lowest BCUT2D eigenvalue weighted by molar-refractivity contribution is 0.624. The normalized spacial score (nSPS) is 10.1. The van der Waals surface area contributed by atoms with Crippen LogP contribution in [0.3, 0.4) is 0 Å². The lowest BCUT2D eigenvalue weighted by Gasteiger charge is -2.15. The molecule has 0 saturated heterocycles. The Labute approximate surface area is 118 Å². The van der Waals surface area contributed by atoms with Crippen LogP contribution in [-0.4, -0.2) is 0 Å². The highest BCUT2D eigenvalue weighted by molar-refractivity contribution is 5.67. The van der Waals surface area contributed by atoms with Gasteiger partial charge >= 0.3 is 0 Å². The molecule has 2 aromatic carbocycles. The van der Waals surface area contributed by atoms with Crippen LogP contribution >= 0.6 is 0 Å². The number of para-hydroxylation sites is 1. The Morgan fingerprint density at radius 2 is 1.75 bits per heavy atom. The van der Waals surface area contributed by atoms with Crippen LogP contribution in [0.5, 0.6) is 0 Å². The van der Waals surface area contributed by atoms with E-state index in [1.165, 1.54) is 23.3 Å². The Morgan fingerprint density at radius 3 is 2.25 bits per heavy atom. The summed E-state index contributed by atoms with van der Waals surface area (Å²) in [6.45, 7) is 4.19. The molecule has 0 bridgehead atoms. The van der Waals surface area contributed by atoms with Crippen molar-refractivity contribution in [1.29, 1.82) is 5.26 Å². The Balaban J connectivity index is 2.39. The Kier molecular flexibility index (Phi) is 4.37. The molecule has 0 aliphatic rings. The third kappa shape index (κ3) is 2.80. The second-order valence-electron chi connectivity index (χ2n) is 4.59. The van der Waals surface area contributed by atoms with Crippen molar-refractivity contribution in [2.24, 2.45) is 0 Å². The highest BCUT2D eigenvalue weighted by atomic mass is 19.1. The van der Waals surface area contributed by atoms with Crippen LogP contribution in [0.4, 0.5) is 15.8 Å². The minimum atomic E-state index is -0.496. The summed E-state index contributed by atoms with van der Waals surface area (Å²) in [7, 11) is 0. The van der Waals surface area contributed by atoms with Crippen LogP contribution in [0.2, 0.25) is 0 Å². The molecule has 0 atom stereocenters. The summed E-state index contributed by atoms with van der Waals surface area (Å²) in [5, 5.41) is 12.0. The predicted molar refractivity (Wildman–Crippen MR) is 79.6 cm³/mol. The Bertz CT molecular complexity index is 634. The number of benzene rings is 2. The number of rotatable bonds is 4. The molecular formula is C17H17FN2. The quantitative estimate of drug-likeness (QED) is 0.882. The molecule has 1 N–H and O–H groups in total. The van der Waals surface area contributed by atoms with Gasteiger partial charge in [0.2, 0.25) is 0 Å². The van der Waals surface area contributed by atoms with Crippen LogP contribution in [0.1, 0.15) is 30.5 Å². The number of nitrogens with zero attached hydrogens (tertiary/aromatic N) is 1. The van der Waals surface area contributed by atoms with E-state index >= 15 is 0 Å². The van der Waals surface area contributed by atoms with E-state index in [0.717, 1.165) is 18.5 Å². The van der Waals surface area contributed by atoms with Crippen molar-refractivity contribution >= 4 is 11.4 Å². The molecule has 0 heterocycles. The molecule has 0 amide bonds. The van der Waals surface area contributed by atoms with Gasteiger partial charge in [0.05, 0.1) is 5.56 Å². The number of aryl methyl sites for hydroxylation is 2. The van der Waals surface area contributed by atoms with E-state index in [1.807, 2.05) is 12.1 Å². The first-order chi connectivity index (χ1) is 9.69. The zero-order chi connectivity index (χ0) is 14.5. The minimum absolute atomic E-state index is 0.0649. The second-order valence-corrected chi connectivity index (χ2v) is 4.59. The second kappa shape index (κ2) is 6.21. The van der Waals surface area contributed by atoms with Crippen LogP contribution in [0, 0.1) is 17.1 Å². The van der Waals surface area contributed by atoms with Gasteiger partial charge in [0, 0.05) is 11.4 Å². The van der Waals surface area contributed by atoms with Crippen molar-refractivity contribution in [3.63, 3.8) is 0 Å². The van der Waals surface area contributed by atoms with Crippen molar-refractivity contribution in [1.82, 2.24) is 0 Å². The number of anilines is 2. The van der Waals surface area contributed by atoms with E-state index in [2.05, 4.69) is 31.3 Å². The van der Waals surface area contributed by atoms with Crippen molar-refractivity contribution in [2.45, 2.75) is 26.7 Å². The fraction of sp³-hybridized carbons (Fsp3) is 0.235. The summed E-state index contributed by atoms with van der Waals surface area (Å²) in [4.78, 5) is 0. The standard InChI is InChI=1S/C17H17FN2/c1-3-12-6-5-7-13(4-2)17(12)20-15-9-8-14(11-19)16(18)10-15/h5-10,20H,3-4H2,1-2H3. The van der Waals surface area contributed by atoms with Gasteiger partial charge in [-0.15, -0.1) is 0 Å². The van der Waals surface area contributed by atoms with E-state index in [0.29, 0.717) is 5.69 Å². The fourth-order valence-electron chi connectivity index (χ4n) is 2.23. The smallest absolute Gasteiger partial charge is 0.143 e. The predicted octanol–water partition coefficient (Wildman–Crippen LogP) is 4.57. The fourth-order valence-corrected chi connectivity index (χ4v) is 2.23. The largest absolute Gasteiger partial charge is 0.355 e. The molecule has 20 heavy (non-hydrogen) atoms. The zero-order valence-corrected chi connectivity index (χ0v) is 11.7. The Morgan fingerprint density at radius 1 is 1.10 bits per heavy atom. The van der Waals surface area contributed by atoms with E-state index in [-0.39, 0.29) is 5.56 Å². The summed E-state index contributed by atoms with van der Waals surface area (Å²) in [5.41, 5.74) is 4.18. The van der Waals surface area contributed by atoms with Crippen LogP contribution in [-0.2, 0) is 12.8 Å². The molecule has 2 nitrogen and oxygen atoms in total. The summed E-state index contributed by atoms with van der Waals surface area (Å²) in [6.07, 6.45) is 1.82. The molecule has 0 aliphatic heterocycles. The van der Waals surface area contributed by atoms with Gasteiger partial charge in [-0.05, 0) is 42.2 Å². The maximum absolute atomic E-state index is 13.7. The van der Waals surface area contributed by atoms with Gasteiger partial charge in [-0.3, -0.25) is 0 Å². The average molecular weight is 268 g/mol. The maximum atomic E-state index is 13.7. The monoisotopic (exact) mass is 268 g/mol. The molecular weight excluding hydrogens is 251 g/mol. The first kappa shape index (κ1) is 14.1. The van der Waals surface area contributed by atoms with Crippen LogP contribution < -0.4 is 5.32 Å².